The predicted molar refractivity (Wildman–Crippen MR) is 88.5 cm³/mol. The first-order chi connectivity index (χ1) is 9.63. The van der Waals surface area contributed by atoms with Gasteiger partial charge in [0.15, 0.2) is 14.1 Å². The first-order valence-corrected chi connectivity index (χ1v) is 10.9. The van der Waals surface area contributed by atoms with E-state index in [1.165, 1.54) is 16.7 Å². The lowest BCUT2D eigenvalue weighted by atomic mass is 9.74. The number of hydrogen-bond donors (Lipinski definition) is 0. The number of hydrogen-bond acceptors (Lipinski definition) is 2. The van der Waals surface area contributed by atoms with Crippen molar-refractivity contribution in [2.24, 2.45) is 0 Å². The van der Waals surface area contributed by atoms with Crippen molar-refractivity contribution < 1.29 is 9.22 Å². The van der Waals surface area contributed by atoms with Gasteiger partial charge in [-0.05, 0) is 47.7 Å². The van der Waals surface area contributed by atoms with Crippen LogP contribution in [0.3, 0.4) is 0 Å². The zero-order valence-corrected chi connectivity index (χ0v) is 15.0. The third-order valence-corrected chi connectivity index (χ3v) is 10.2. The fraction of sp³-hybridized carbons (Fsp3) is 0.611. The molecule has 3 heteroatoms. The molecular formula is C18H26O2Si. The van der Waals surface area contributed by atoms with Gasteiger partial charge >= 0.3 is 0 Å². The zero-order chi connectivity index (χ0) is 15.6. The number of Topliss-reactive ketones (excluding diaryl/α,β-unsaturated/α-hetero) is 1. The van der Waals surface area contributed by atoms with Gasteiger partial charge in [0.05, 0.1) is 6.10 Å². The molecule has 2 unspecified atom stereocenters. The van der Waals surface area contributed by atoms with Gasteiger partial charge in [-0.2, -0.15) is 0 Å². The molecule has 2 atom stereocenters. The Morgan fingerprint density at radius 1 is 1.19 bits per heavy atom. The van der Waals surface area contributed by atoms with E-state index >= 15 is 0 Å². The molecule has 0 spiro atoms. The average Bonchev–Trinajstić information content (AvgIpc) is 2.77. The molecule has 0 radical (unpaired) electrons. The van der Waals surface area contributed by atoms with Gasteiger partial charge in [-0.15, -0.1) is 0 Å². The molecule has 114 valence electrons. The van der Waals surface area contributed by atoms with Crippen LogP contribution in [0.1, 0.15) is 73.2 Å². The maximum atomic E-state index is 12.1. The molecule has 0 heterocycles. The Morgan fingerprint density at radius 3 is 2.43 bits per heavy atom. The van der Waals surface area contributed by atoms with E-state index in [4.69, 9.17) is 4.43 Å². The van der Waals surface area contributed by atoms with Crippen LogP contribution in [0, 0.1) is 0 Å². The number of fused-ring (bicyclic) bond motifs is 3. The summed E-state index contributed by atoms with van der Waals surface area (Å²) < 4.78 is 6.60. The summed E-state index contributed by atoms with van der Waals surface area (Å²) in [7, 11) is -1.77. The number of rotatable bonds is 2. The summed E-state index contributed by atoms with van der Waals surface area (Å²) in [5, 5.41) is 0.222. The topological polar surface area (TPSA) is 26.3 Å². The number of benzene rings is 1. The van der Waals surface area contributed by atoms with E-state index < -0.39 is 8.32 Å². The molecule has 1 aromatic rings. The van der Waals surface area contributed by atoms with Crippen LogP contribution in [0.2, 0.25) is 18.1 Å². The predicted octanol–water partition coefficient (Wildman–Crippen LogP) is 5.00. The van der Waals surface area contributed by atoms with Crippen LogP contribution < -0.4 is 0 Å². The zero-order valence-electron chi connectivity index (χ0n) is 14.0. The Kier molecular flexibility index (Phi) is 3.23. The van der Waals surface area contributed by atoms with Gasteiger partial charge in [0.1, 0.15) is 0 Å². The van der Waals surface area contributed by atoms with E-state index in [0.29, 0.717) is 5.78 Å². The lowest BCUT2D eigenvalue weighted by Crippen LogP contribution is -2.41. The summed E-state index contributed by atoms with van der Waals surface area (Å²) in [6.07, 6.45) is 2.21. The van der Waals surface area contributed by atoms with Crippen LogP contribution in [0.4, 0.5) is 0 Å². The number of carbonyl (C=O) groups excluding carboxylic acids is 1. The highest BCUT2D eigenvalue weighted by atomic mass is 28.4. The highest BCUT2D eigenvalue weighted by molar-refractivity contribution is 6.74. The standard InChI is InChI=1S/C18H26O2Si/c1-11-12-7-8-13-14(16(12)17(11)19)9-10-15(13)20-21(5,6)18(2,3)4/h7-8,11,15H,9-10H2,1-6H3. The van der Waals surface area contributed by atoms with E-state index in [0.717, 1.165) is 18.4 Å². The summed E-state index contributed by atoms with van der Waals surface area (Å²) >= 11 is 0. The fourth-order valence-corrected chi connectivity index (χ4v) is 4.58. The molecule has 0 fully saturated rings. The molecule has 0 aromatic heterocycles. The second-order valence-electron chi connectivity index (χ2n) is 8.09. The van der Waals surface area contributed by atoms with E-state index in [2.05, 4.69) is 46.0 Å². The second kappa shape index (κ2) is 4.53. The summed E-state index contributed by atoms with van der Waals surface area (Å²) in [6.45, 7) is 13.4. The quantitative estimate of drug-likeness (QED) is 0.719. The molecule has 2 nitrogen and oxygen atoms in total. The lowest BCUT2D eigenvalue weighted by Gasteiger charge is -2.39. The summed E-state index contributed by atoms with van der Waals surface area (Å²) in [6, 6.07) is 4.36. The highest BCUT2D eigenvalue weighted by Gasteiger charge is 2.43. The van der Waals surface area contributed by atoms with Crippen molar-refractivity contribution in [3.05, 3.63) is 34.4 Å². The lowest BCUT2D eigenvalue weighted by molar-refractivity contribution is 0.0934. The normalized spacial score (nSPS) is 24.6. The molecular weight excluding hydrogens is 276 g/mol. The van der Waals surface area contributed by atoms with Crippen molar-refractivity contribution in [2.45, 2.75) is 70.7 Å². The molecule has 0 saturated carbocycles. The first-order valence-electron chi connectivity index (χ1n) is 8.01. The minimum Gasteiger partial charge on any atom is -0.410 e. The van der Waals surface area contributed by atoms with Gasteiger partial charge < -0.3 is 4.43 Å². The molecule has 2 aliphatic carbocycles. The van der Waals surface area contributed by atoms with E-state index in [9.17, 15) is 4.79 Å². The van der Waals surface area contributed by atoms with Crippen molar-refractivity contribution in [1.82, 2.24) is 0 Å². The molecule has 0 amide bonds. The fourth-order valence-electron chi connectivity index (χ4n) is 3.27. The van der Waals surface area contributed by atoms with Gasteiger partial charge in [-0.3, -0.25) is 4.79 Å². The maximum absolute atomic E-state index is 12.1. The third kappa shape index (κ3) is 2.13. The Labute approximate surface area is 129 Å². The van der Waals surface area contributed by atoms with Crippen LogP contribution in [0.15, 0.2) is 12.1 Å². The highest BCUT2D eigenvalue weighted by Crippen LogP contribution is 2.47. The first kappa shape index (κ1) is 15.0. The van der Waals surface area contributed by atoms with Crippen molar-refractivity contribution in [2.75, 3.05) is 0 Å². The van der Waals surface area contributed by atoms with Gasteiger partial charge in [0, 0.05) is 11.5 Å². The Balaban J connectivity index is 1.91. The van der Waals surface area contributed by atoms with Gasteiger partial charge in [-0.25, -0.2) is 0 Å². The number of carbonyl (C=O) groups is 1. The van der Waals surface area contributed by atoms with E-state index in [1.54, 1.807) is 0 Å². The molecule has 0 saturated heterocycles. The van der Waals surface area contributed by atoms with Crippen LogP contribution >= 0.6 is 0 Å². The average molecular weight is 302 g/mol. The van der Waals surface area contributed by atoms with Gasteiger partial charge in [0.25, 0.3) is 0 Å². The molecule has 21 heavy (non-hydrogen) atoms. The van der Waals surface area contributed by atoms with Crippen molar-refractivity contribution >= 4 is 14.1 Å². The molecule has 1 aromatic carbocycles. The van der Waals surface area contributed by atoms with E-state index in [1.807, 2.05) is 6.92 Å². The van der Waals surface area contributed by atoms with Crippen LogP contribution in [0.25, 0.3) is 0 Å². The molecule has 3 rings (SSSR count). The van der Waals surface area contributed by atoms with Crippen LogP contribution in [-0.4, -0.2) is 14.1 Å². The SMILES string of the molecule is CC1C(=O)c2c1ccc1c2CCC1O[Si](C)(C)C(C)(C)C. The Bertz CT molecular complexity index is 610. The van der Waals surface area contributed by atoms with Crippen LogP contribution in [0.5, 0.6) is 0 Å². The molecule has 0 bridgehead atoms. The van der Waals surface area contributed by atoms with Gasteiger partial charge in [-0.1, -0.05) is 39.8 Å². The number of ketones is 1. The summed E-state index contributed by atoms with van der Waals surface area (Å²) in [5.74, 6) is 0.431. The second-order valence-corrected chi connectivity index (χ2v) is 12.8. The van der Waals surface area contributed by atoms with Crippen molar-refractivity contribution in [3.8, 4) is 0 Å². The molecule has 0 N–H and O–H groups in total. The third-order valence-electron chi connectivity index (χ3n) is 5.73. The van der Waals surface area contributed by atoms with Gasteiger partial charge in [0.2, 0.25) is 0 Å². The Morgan fingerprint density at radius 2 is 1.81 bits per heavy atom. The smallest absolute Gasteiger partial charge is 0.192 e. The maximum Gasteiger partial charge on any atom is 0.192 e. The molecule has 0 aliphatic heterocycles. The summed E-state index contributed by atoms with van der Waals surface area (Å²) in [4.78, 5) is 12.1. The summed E-state index contributed by atoms with van der Waals surface area (Å²) in [5.41, 5.74) is 4.81. The van der Waals surface area contributed by atoms with E-state index in [-0.39, 0.29) is 17.1 Å². The van der Waals surface area contributed by atoms with Crippen LogP contribution in [-0.2, 0) is 10.8 Å². The minimum absolute atomic E-state index is 0.102. The van der Waals surface area contributed by atoms with Crippen molar-refractivity contribution in [1.29, 1.82) is 0 Å². The minimum atomic E-state index is -1.77. The largest absolute Gasteiger partial charge is 0.410 e. The monoisotopic (exact) mass is 302 g/mol. The Hall–Kier alpha value is -0.933. The molecule has 2 aliphatic rings. The van der Waals surface area contributed by atoms with Crippen molar-refractivity contribution in [3.63, 3.8) is 0 Å².